The first-order valence-corrected chi connectivity index (χ1v) is 9.79. The number of aromatic amines is 1. The lowest BCUT2D eigenvalue weighted by molar-refractivity contribution is -0.141. The Balaban J connectivity index is 2.06. The van der Waals surface area contributed by atoms with Crippen molar-refractivity contribution in [2.45, 2.75) is 43.8 Å². The zero-order valence-corrected chi connectivity index (χ0v) is 15.4. The fraction of sp³-hybridized carbons (Fsp3) is 0.400. The quantitative estimate of drug-likeness (QED) is 0.660. The molecule has 28 heavy (non-hydrogen) atoms. The molecule has 1 aliphatic carbocycles. The summed E-state index contributed by atoms with van der Waals surface area (Å²) in [5.74, 6) is -1.05. The van der Waals surface area contributed by atoms with Gasteiger partial charge in [-0.1, -0.05) is 6.92 Å². The van der Waals surface area contributed by atoms with Gasteiger partial charge in [0.05, 0.1) is 11.9 Å². The molecule has 152 valence electrons. The lowest BCUT2D eigenvalue weighted by atomic mass is 10.0. The Morgan fingerprint density at radius 3 is 2.71 bits per heavy atom. The smallest absolute Gasteiger partial charge is 0.305 e. The van der Waals surface area contributed by atoms with Crippen LogP contribution in [0, 0.1) is 5.82 Å². The minimum Gasteiger partial charge on any atom is -0.305 e. The average molecular weight is 420 g/mol. The van der Waals surface area contributed by atoms with Crippen LogP contribution in [0.15, 0.2) is 15.6 Å². The number of carbonyl (C=O) groups excluding carboxylic acids is 1. The Kier molecular flexibility index (Phi) is 5.14. The van der Waals surface area contributed by atoms with Crippen LogP contribution in [0.3, 0.4) is 0 Å². The van der Waals surface area contributed by atoms with Crippen LogP contribution in [0.4, 0.5) is 28.0 Å². The van der Waals surface area contributed by atoms with E-state index in [-0.39, 0.29) is 23.4 Å². The number of urea groups is 1. The maximum atomic E-state index is 13.5. The standard InChI is InChI=1S/C15H16F4N6O2S/c1-2-7-11(8-4-3-5-10(8)22-12(7)15(17,18)19)23-14(26)25-28(20,27)13-9(16)6-21-24-13/h6H,2-5H2,1H3,(H,21,24)(H3,20,22,23,25,26,27). The normalized spacial score (nSPS) is 15.8. The summed E-state index contributed by atoms with van der Waals surface area (Å²) in [4.78, 5) is 16.0. The lowest BCUT2D eigenvalue weighted by Gasteiger charge is -2.19. The number of alkyl halides is 3. The molecule has 0 radical (unpaired) electrons. The third kappa shape index (κ3) is 3.71. The Hall–Kier alpha value is -2.54. The Morgan fingerprint density at radius 2 is 2.14 bits per heavy atom. The molecule has 4 N–H and O–H groups in total. The van der Waals surface area contributed by atoms with Gasteiger partial charge in [-0.05, 0) is 31.2 Å². The largest absolute Gasteiger partial charge is 0.433 e. The number of amides is 2. The molecule has 1 atom stereocenters. The first kappa shape index (κ1) is 20.2. The van der Waals surface area contributed by atoms with Gasteiger partial charge in [0, 0.05) is 11.3 Å². The molecule has 0 bridgehead atoms. The van der Waals surface area contributed by atoms with E-state index >= 15 is 0 Å². The van der Waals surface area contributed by atoms with Gasteiger partial charge in [0.2, 0.25) is 0 Å². The van der Waals surface area contributed by atoms with Gasteiger partial charge in [-0.15, -0.1) is 4.36 Å². The number of anilines is 1. The first-order valence-electron chi connectivity index (χ1n) is 8.21. The van der Waals surface area contributed by atoms with Gasteiger partial charge in [-0.2, -0.15) is 18.3 Å². The van der Waals surface area contributed by atoms with Crippen LogP contribution in [0.25, 0.3) is 0 Å². The Labute approximate surface area is 157 Å². The molecule has 2 aromatic rings. The van der Waals surface area contributed by atoms with Gasteiger partial charge in [-0.25, -0.2) is 23.5 Å². The van der Waals surface area contributed by atoms with Crippen LogP contribution in [-0.2, 0) is 35.4 Å². The van der Waals surface area contributed by atoms with Crippen molar-refractivity contribution in [3.05, 3.63) is 34.5 Å². The number of nitrogens with two attached hydrogens (primary N) is 1. The van der Waals surface area contributed by atoms with E-state index < -0.39 is 38.7 Å². The zero-order chi connectivity index (χ0) is 20.7. The van der Waals surface area contributed by atoms with Crippen LogP contribution in [0.5, 0.6) is 0 Å². The highest BCUT2D eigenvalue weighted by atomic mass is 32.2. The molecular weight excluding hydrogens is 404 g/mol. The molecule has 0 aliphatic heterocycles. The van der Waals surface area contributed by atoms with Gasteiger partial charge >= 0.3 is 12.2 Å². The monoisotopic (exact) mass is 420 g/mol. The van der Waals surface area contributed by atoms with Crippen molar-refractivity contribution in [3.8, 4) is 0 Å². The van der Waals surface area contributed by atoms with Gasteiger partial charge in [0.1, 0.15) is 5.69 Å². The number of H-pyrrole nitrogens is 1. The number of hydrogen-bond donors (Lipinski definition) is 3. The van der Waals surface area contributed by atoms with E-state index in [1.807, 2.05) is 0 Å². The maximum Gasteiger partial charge on any atom is 0.433 e. The second-order valence-corrected chi connectivity index (χ2v) is 7.81. The number of fused-ring (bicyclic) bond motifs is 1. The summed E-state index contributed by atoms with van der Waals surface area (Å²) in [5, 5.41) is 12.3. The van der Waals surface area contributed by atoms with Crippen LogP contribution >= 0.6 is 0 Å². The number of pyridine rings is 1. The predicted octanol–water partition coefficient (Wildman–Crippen LogP) is 2.95. The molecule has 0 fully saturated rings. The van der Waals surface area contributed by atoms with Gasteiger partial charge in [0.15, 0.2) is 20.8 Å². The summed E-state index contributed by atoms with van der Waals surface area (Å²) >= 11 is 0. The number of hydrogen-bond acceptors (Lipinski definition) is 4. The van der Waals surface area contributed by atoms with Gasteiger partial charge < -0.3 is 5.32 Å². The zero-order valence-electron chi connectivity index (χ0n) is 14.6. The minimum absolute atomic E-state index is 0.0576. The van der Waals surface area contributed by atoms with E-state index in [1.54, 1.807) is 0 Å². The van der Waals surface area contributed by atoms with Crippen molar-refractivity contribution in [3.63, 3.8) is 0 Å². The molecule has 1 aliphatic rings. The molecule has 2 heterocycles. The number of carbonyl (C=O) groups is 1. The predicted molar refractivity (Wildman–Crippen MR) is 91.2 cm³/mol. The van der Waals surface area contributed by atoms with Crippen LogP contribution < -0.4 is 10.5 Å². The molecule has 0 aromatic carbocycles. The number of aromatic nitrogens is 3. The molecule has 2 amide bonds. The van der Waals surface area contributed by atoms with Gasteiger partial charge in [0.25, 0.3) is 0 Å². The fourth-order valence-electron chi connectivity index (χ4n) is 3.12. The number of aryl methyl sites for hydroxylation is 1. The van der Waals surface area contributed by atoms with Crippen LogP contribution in [0.1, 0.15) is 35.9 Å². The van der Waals surface area contributed by atoms with Crippen molar-refractivity contribution >= 4 is 21.6 Å². The summed E-state index contributed by atoms with van der Waals surface area (Å²) in [6.07, 6.45) is -2.71. The van der Waals surface area contributed by atoms with E-state index in [9.17, 15) is 26.6 Å². The lowest BCUT2D eigenvalue weighted by Crippen LogP contribution is -2.22. The average Bonchev–Trinajstić information content (AvgIpc) is 3.21. The molecule has 8 nitrogen and oxygen atoms in total. The Bertz CT molecular complexity index is 1060. The molecule has 1 unspecified atom stereocenters. The molecule has 13 heteroatoms. The summed E-state index contributed by atoms with van der Waals surface area (Å²) < 4.78 is 69.3. The summed E-state index contributed by atoms with van der Waals surface area (Å²) in [6.45, 7) is 1.49. The topological polar surface area (TPSA) is 126 Å². The Morgan fingerprint density at radius 1 is 1.43 bits per heavy atom. The summed E-state index contributed by atoms with van der Waals surface area (Å²) in [5.41, 5.74) is -0.629. The van der Waals surface area contributed by atoms with Crippen LogP contribution in [-0.4, -0.2) is 25.4 Å². The van der Waals surface area contributed by atoms with Gasteiger partial charge in [-0.3, -0.25) is 5.10 Å². The van der Waals surface area contributed by atoms with E-state index in [2.05, 4.69) is 24.9 Å². The minimum atomic E-state index is -4.71. The molecular formula is C15H16F4N6O2S. The third-order valence-electron chi connectivity index (χ3n) is 4.25. The van der Waals surface area contributed by atoms with Crippen molar-refractivity contribution < 1.29 is 26.6 Å². The number of halogens is 4. The molecule has 3 rings (SSSR count). The summed E-state index contributed by atoms with van der Waals surface area (Å²) in [6, 6.07) is -1.26. The fourth-order valence-corrected chi connectivity index (χ4v) is 4.02. The third-order valence-corrected chi connectivity index (χ3v) is 5.56. The molecule has 0 saturated carbocycles. The van der Waals surface area contributed by atoms with E-state index in [1.165, 1.54) is 6.92 Å². The maximum absolute atomic E-state index is 13.5. The summed E-state index contributed by atoms with van der Waals surface area (Å²) in [7, 11) is -4.01. The SMILES string of the molecule is CCc1c(C(F)(F)F)nc2c(c1NC(=O)N=S(N)(=O)c1[nH]ncc1F)CCC2. The number of nitrogens with one attached hydrogen (secondary N) is 2. The van der Waals surface area contributed by atoms with Crippen molar-refractivity contribution in [1.82, 2.24) is 15.2 Å². The van der Waals surface area contributed by atoms with E-state index in [0.717, 1.165) is 0 Å². The van der Waals surface area contributed by atoms with E-state index in [4.69, 9.17) is 5.14 Å². The second-order valence-electron chi connectivity index (χ2n) is 6.08. The molecule has 0 saturated heterocycles. The number of nitrogens with zero attached hydrogens (tertiary/aromatic N) is 3. The van der Waals surface area contributed by atoms with Crippen molar-refractivity contribution in [2.24, 2.45) is 9.50 Å². The number of rotatable bonds is 3. The highest BCUT2D eigenvalue weighted by molar-refractivity contribution is 7.91. The molecule has 2 aromatic heterocycles. The molecule has 0 spiro atoms. The first-order chi connectivity index (χ1) is 13.0. The van der Waals surface area contributed by atoms with Crippen LogP contribution in [0.2, 0.25) is 0 Å². The van der Waals surface area contributed by atoms with Crippen molar-refractivity contribution in [2.75, 3.05) is 5.32 Å². The second kappa shape index (κ2) is 7.13. The highest BCUT2D eigenvalue weighted by Gasteiger charge is 2.38. The van der Waals surface area contributed by atoms with E-state index in [0.29, 0.717) is 31.0 Å². The van der Waals surface area contributed by atoms with Crippen molar-refractivity contribution in [1.29, 1.82) is 0 Å². The highest BCUT2D eigenvalue weighted by Crippen LogP contribution is 2.39.